The van der Waals surface area contributed by atoms with Gasteiger partial charge in [0.05, 0.1) is 13.1 Å². The van der Waals surface area contributed by atoms with E-state index in [1.807, 2.05) is 10.6 Å². The van der Waals surface area contributed by atoms with Gasteiger partial charge in [-0.15, -0.1) is 0 Å². The summed E-state index contributed by atoms with van der Waals surface area (Å²) in [4.78, 5) is 13.6. The van der Waals surface area contributed by atoms with Crippen LogP contribution in [0.5, 0.6) is 5.75 Å². The first-order valence-electron chi connectivity index (χ1n) is 10.3. The number of aliphatic hydroxyl groups excluding tert-OH is 1. The highest BCUT2D eigenvalue weighted by Gasteiger charge is 2.37. The van der Waals surface area contributed by atoms with Gasteiger partial charge in [-0.2, -0.15) is 0 Å². The second-order valence-corrected chi connectivity index (χ2v) is 8.75. The molecule has 0 saturated carbocycles. The zero-order valence-corrected chi connectivity index (χ0v) is 18.2. The van der Waals surface area contributed by atoms with Crippen LogP contribution in [0, 0.1) is 26.7 Å². The number of likely N-dealkylation sites (tertiary alicyclic amines) is 1. The van der Waals surface area contributed by atoms with Crippen LogP contribution < -0.4 is 27.6 Å². The average Bonchev–Trinajstić information content (AvgIpc) is 2.61. The highest BCUT2D eigenvalue weighted by molar-refractivity contribution is 5.42. The van der Waals surface area contributed by atoms with E-state index in [1.54, 1.807) is 6.07 Å². The maximum Gasteiger partial charge on any atom is 0.250 e. The van der Waals surface area contributed by atoms with Crippen molar-refractivity contribution in [2.45, 2.75) is 45.8 Å². The van der Waals surface area contributed by atoms with Gasteiger partial charge < -0.3 is 31.7 Å². The number of fused-ring (bicyclic) bond motifs is 4. The molecule has 1 aromatic heterocycles. The van der Waals surface area contributed by atoms with E-state index in [2.05, 4.69) is 39.0 Å². The van der Waals surface area contributed by atoms with Crippen LogP contribution in [-0.4, -0.2) is 42.0 Å². The average molecular weight is 419 g/mol. The van der Waals surface area contributed by atoms with Crippen molar-refractivity contribution in [3.63, 3.8) is 0 Å². The Morgan fingerprint density at radius 3 is 2.66 bits per heavy atom. The minimum Gasteiger partial charge on any atom is -1.00 e. The van der Waals surface area contributed by atoms with E-state index < -0.39 is 6.10 Å². The van der Waals surface area contributed by atoms with Crippen molar-refractivity contribution in [1.29, 1.82) is 0 Å². The SMILES string of the molecule is Cc1cc(C)c(OCC(O)C[NH+]2C[C@H]3C[C@H](C2)c2cccc(=O)n2C3)c(C)c1.[Cl-]. The molecule has 2 aliphatic heterocycles. The number of hydrogen-bond donors (Lipinski definition) is 2. The second-order valence-electron chi connectivity index (χ2n) is 8.75. The lowest BCUT2D eigenvalue weighted by Crippen LogP contribution is -3.15. The zero-order valence-electron chi connectivity index (χ0n) is 17.5. The van der Waals surface area contributed by atoms with Crippen molar-refractivity contribution in [3.8, 4) is 5.75 Å². The lowest BCUT2D eigenvalue weighted by molar-refractivity contribution is -0.914. The molecular formula is C23H31ClN2O3. The fraction of sp³-hybridized carbons (Fsp3) is 0.522. The quantitative estimate of drug-likeness (QED) is 0.603. The molecule has 1 saturated heterocycles. The van der Waals surface area contributed by atoms with Crippen molar-refractivity contribution >= 4 is 0 Å². The number of nitrogens with one attached hydrogen (secondary N) is 1. The molecule has 2 aliphatic rings. The van der Waals surface area contributed by atoms with Gasteiger partial charge >= 0.3 is 0 Å². The molecule has 6 heteroatoms. The van der Waals surface area contributed by atoms with E-state index in [0.717, 1.165) is 48.6 Å². The van der Waals surface area contributed by atoms with Crippen LogP contribution in [0.25, 0.3) is 0 Å². The molecule has 3 heterocycles. The molecule has 1 fully saturated rings. The van der Waals surface area contributed by atoms with Gasteiger partial charge in [0.1, 0.15) is 25.0 Å². The molecule has 29 heavy (non-hydrogen) atoms. The van der Waals surface area contributed by atoms with Crippen LogP contribution in [0.15, 0.2) is 35.1 Å². The fourth-order valence-corrected chi connectivity index (χ4v) is 5.25. The number of pyridine rings is 1. The molecular weight excluding hydrogens is 388 g/mol. The Kier molecular flexibility index (Phi) is 6.72. The largest absolute Gasteiger partial charge is 1.00 e. The first-order chi connectivity index (χ1) is 13.4. The minimum atomic E-state index is -0.494. The van der Waals surface area contributed by atoms with Gasteiger partial charge in [0, 0.05) is 30.1 Å². The van der Waals surface area contributed by atoms with Gasteiger partial charge in [0.25, 0.3) is 5.56 Å². The summed E-state index contributed by atoms with van der Waals surface area (Å²) in [5, 5.41) is 10.6. The molecule has 0 aliphatic carbocycles. The number of benzene rings is 1. The van der Waals surface area contributed by atoms with Gasteiger partial charge in [-0.1, -0.05) is 23.8 Å². The maximum atomic E-state index is 12.1. The molecule has 0 radical (unpaired) electrons. The van der Waals surface area contributed by atoms with E-state index in [-0.39, 0.29) is 18.0 Å². The van der Waals surface area contributed by atoms with Gasteiger partial charge in [0.2, 0.25) is 0 Å². The minimum absolute atomic E-state index is 0. The Bertz CT molecular complexity index is 904. The zero-order chi connectivity index (χ0) is 19.8. The smallest absolute Gasteiger partial charge is 0.250 e. The molecule has 4 atom stereocenters. The number of aromatic nitrogens is 1. The Morgan fingerprint density at radius 1 is 1.21 bits per heavy atom. The fourth-order valence-electron chi connectivity index (χ4n) is 5.25. The highest BCUT2D eigenvalue weighted by atomic mass is 35.5. The summed E-state index contributed by atoms with van der Waals surface area (Å²) < 4.78 is 7.94. The Labute approximate surface area is 178 Å². The van der Waals surface area contributed by atoms with E-state index >= 15 is 0 Å². The monoisotopic (exact) mass is 418 g/mol. The topological polar surface area (TPSA) is 55.9 Å². The van der Waals surface area contributed by atoms with E-state index in [0.29, 0.717) is 25.0 Å². The number of hydrogen-bond acceptors (Lipinski definition) is 3. The third kappa shape index (κ3) is 4.68. The molecule has 0 amide bonds. The predicted molar refractivity (Wildman–Crippen MR) is 109 cm³/mol. The molecule has 1 aromatic carbocycles. The Balaban J connectivity index is 0.00000240. The van der Waals surface area contributed by atoms with Crippen molar-refractivity contribution < 1.29 is 27.2 Å². The number of aryl methyl sites for hydroxylation is 3. The third-order valence-electron chi connectivity index (χ3n) is 6.22. The number of ether oxygens (including phenoxy) is 1. The molecule has 158 valence electrons. The molecule has 0 spiro atoms. The molecule has 2 unspecified atom stereocenters. The summed E-state index contributed by atoms with van der Waals surface area (Å²) in [6.45, 7) is 9.99. The van der Waals surface area contributed by atoms with Crippen LogP contribution in [0.4, 0.5) is 0 Å². The van der Waals surface area contributed by atoms with Crippen molar-refractivity contribution in [1.82, 2.24) is 4.57 Å². The second kappa shape index (κ2) is 8.90. The Morgan fingerprint density at radius 2 is 1.93 bits per heavy atom. The van der Waals surface area contributed by atoms with Crippen LogP contribution in [0.3, 0.4) is 0 Å². The molecule has 2 aromatic rings. The van der Waals surface area contributed by atoms with E-state index in [4.69, 9.17) is 4.74 Å². The number of piperidine rings is 1. The lowest BCUT2D eigenvalue weighted by Gasteiger charge is -2.40. The number of quaternary nitrogens is 1. The highest BCUT2D eigenvalue weighted by Crippen LogP contribution is 2.30. The van der Waals surface area contributed by atoms with Crippen LogP contribution >= 0.6 is 0 Å². The molecule has 5 nitrogen and oxygen atoms in total. The predicted octanol–water partition coefficient (Wildman–Crippen LogP) is -1.78. The lowest BCUT2D eigenvalue weighted by atomic mass is 9.83. The summed E-state index contributed by atoms with van der Waals surface area (Å²) in [5.74, 6) is 1.81. The summed E-state index contributed by atoms with van der Waals surface area (Å²) in [5.41, 5.74) is 4.75. The van der Waals surface area contributed by atoms with E-state index in [1.165, 1.54) is 10.5 Å². The maximum absolute atomic E-state index is 12.1. The van der Waals surface area contributed by atoms with Crippen LogP contribution in [-0.2, 0) is 6.54 Å². The molecule has 2 N–H and O–H groups in total. The number of nitrogens with zero attached hydrogens (tertiary/aromatic N) is 1. The standard InChI is InChI=1S/C23H30N2O3.ClH/c1-15-7-16(2)23(17(3)8-15)28-14-20(26)13-24-10-18-9-19(12-24)21-5-4-6-22(27)25(21)11-18;/h4-8,18-20,26H,9-14H2,1-3H3;1H/t18-,19-,20?;/m1./s1. The summed E-state index contributed by atoms with van der Waals surface area (Å²) in [6, 6.07) is 9.85. The van der Waals surface area contributed by atoms with Crippen molar-refractivity contribution in [2.24, 2.45) is 5.92 Å². The number of halogens is 1. The normalized spacial score (nSPS) is 23.7. The van der Waals surface area contributed by atoms with Gasteiger partial charge in [-0.05, 0) is 44.4 Å². The van der Waals surface area contributed by atoms with E-state index in [9.17, 15) is 9.90 Å². The number of rotatable bonds is 5. The summed E-state index contributed by atoms with van der Waals surface area (Å²) >= 11 is 0. The van der Waals surface area contributed by atoms with Crippen molar-refractivity contribution in [2.75, 3.05) is 26.2 Å². The summed E-state index contributed by atoms with van der Waals surface area (Å²) in [7, 11) is 0. The molecule has 2 bridgehead atoms. The van der Waals surface area contributed by atoms with Crippen LogP contribution in [0.1, 0.15) is 34.7 Å². The number of aliphatic hydroxyl groups is 1. The van der Waals surface area contributed by atoms with Gasteiger partial charge in [0.15, 0.2) is 0 Å². The van der Waals surface area contributed by atoms with Crippen molar-refractivity contribution in [3.05, 3.63) is 63.1 Å². The van der Waals surface area contributed by atoms with Crippen LogP contribution in [0.2, 0.25) is 0 Å². The first-order valence-corrected chi connectivity index (χ1v) is 10.3. The third-order valence-corrected chi connectivity index (χ3v) is 6.22. The van der Waals surface area contributed by atoms with Gasteiger partial charge in [-0.25, -0.2) is 0 Å². The van der Waals surface area contributed by atoms with Gasteiger partial charge in [-0.3, -0.25) is 4.79 Å². The summed E-state index contributed by atoms with van der Waals surface area (Å²) in [6.07, 6.45) is 0.660. The Hall–Kier alpha value is -1.82. The molecule has 4 rings (SSSR count). The first kappa shape index (κ1) is 21.9.